The van der Waals surface area contributed by atoms with Crippen LogP contribution in [-0.4, -0.2) is 33.6 Å². The molecule has 0 fully saturated rings. The summed E-state index contributed by atoms with van der Waals surface area (Å²) < 4.78 is 59.0. The Morgan fingerprint density at radius 2 is 1.65 bits per heavy atom. The predicted octanol–water partition coefficient (Wildman–Crippen LogP) is 4.49. The largest absolute Gasteiger partial charge is 0.479 e. The van der Waals surface area contributed by atoms with E-state index in [0.29, 0.717) is 6.42 Å². The van der Waals surface area contributed by atoms with Crippen LogP contribution in [0, 0.1) is 6.92 Å². The summed E-state index contributed by atoms with van der Waals surface area (Å²) >= 11 is 0. The molecule has 0 atom stereocenters. The maximum atomic E-state index is 12.9. The zero-order valence-electron chi connectivity index (χ0n) is 16.2. The van der Waals surface area contributed by atoms with Gasteiger partial charge in [-0.1, -0.05) is 13.0 Å². The molecular formula is C17H29O7PS. The molecule has 0 radical (unpaired) electrons. The van der Waals surface area contributed by atoms with Crippen LogP contribution in [0.25, 0.3) is 0 Å². The third kappa shape index (κ3) is 7.37. The molecule has 0 unspecified atom stereocenters. The average Bonchev–Trinajstić information content (AvgIpc) is 2.49. The van der Waals surface area contributed by atoms with Crippen molar-refractivity contribution in [3.8, 4) is 5.75 Å². The molecule has 150 valence electrons. The molecule has 0 amide bonds. The number of rotatable bonds is 11. The van der Waals surface area contributed by atoms with Crippen LogP contribution in [-0.2, 0) is 27.9 Å². The molecule has 0 aliphatic heterocycles. The highest BCUT2D eigenvalue weighted by Gasteiger charge is 2.30. The van der Waals surface area contributed by atoms with E-state index in [1.807, 2.05) is 6.92 Å². The van der Waals surface area contributed by atoms with E-state index in [4.69, 9.17) is 18.0 Å². The molecule has 0 saturated carbocycles. The lowest BCUT2D eigenvalue weighted by molar-refractivity contribution is 0.128. The smallest absolute Gasteiger partial charge is 0.368 e. The van der Waals surface area contributed by atoms with Crippen LogP contribution in [0.1, 0.15) is 46.6 Å². The van der Waals surface area contributed by atoms with E-state index in [-0.39, 0.29) is 29.5 Å². The normalized spacial score (nSPS) is 12.8. The van der Waals surface area contributed by atoms with Gasteiger partial charge in [0.15, 0.2) is 6.35 Å². The number of ether oxygens (including phenoxy) is 1. The summed E-state index contributed by atoms with van der Waals surface area (Å²) in [6.07, 6.45) is -0.516. The van der Waals surface area contributed by atoms with Crippen molar-refractivity contribution in [3.05, 3.63) is 23.8 Å². The first kappa shape index (κ1) is 23.1. The van der Waals surface area contributed by atoms with E-state index >= 15 is 0 Å². The van der Waals surface area contributed by atoms with Gasteiger partial charge in [0.1, 0.15) is 10.6 Å². The Morgan fingerprint density at radius 1 is 1.08 bits per heavy atom. The molecular weight excluding hydrogens is 379 g/mol. The van der Waals surface area contributed by atoms with Crippen LogP contribution in [0.2, 0.25) is 0 Å². The Bertz CT molecular complexity index is 715. The molecule has 0 heterocycles. The van der Waals surface area contributed by atoms with Crippen LogP contribution >= 0.6 is 7.60 Å². The van der Waals surface area contributed by atoms with Gasteiger partial charge in [-0.2, -0.15) is 8.42 Å². The van der Waals surface area contributed by atoms with Crippen molar-refractivity contribution in [1.82, 2.24) is 0 Å². The number of aryl methyl sites for hydroxylation is 1. The van der Waals surface area contributed by atoms with Crippen molar-refractivity contribution >= 4 is 17.7 Å². The first-order valence-corrected chi connectivity index (χ1v) is 11.7. The first-order chi connectivity index (χ1) is 12.0. The highest BCUT2D eigenvalue weighted by molar-refractivity contribution is 7.86. The Morgan fingerprint density at radius 3 is 2.15 bits per heavy atom. The predicted molar refractivity (Wildman–Crippen MR) is 100 cm³/mol. The summed E-state index contributed by atoms with van der Waals surface area (Å²) in [5.74, 6) is 0.0565. The van der Waals surface area contributed by atoms with Crippen LogP contribution in [0.15, 0.2) is 23.1 Å². The number of hydrogen-bond donors (Lipinski definition) is 0. The lowest BCUT2D eigenvalue weighted by Crippen LogP contribution is -2.15. The fourth-order valence-electron chi connectivity index (χ4n) is 2.07. The molecule has 0 N–H and O–H groups in total. The van der Waals surface area contributed by atoms with Gasteiger partial charge in [-0.25, -0.2) is 0 Å². The fraction of sp³-hybridized carbons (Fsp3) is 0.647. The Labute approximate surface area is 156 Å². The monoisotopic (exact) mass is 408 g/mol. The van der Waals surface area contributed by atoms with Crippen molar-refractivity contribution < 1.29 is 31.0 Å². The maximum absolute atomic E-state index is 12.9. The van der Waals surface area contributed by atoms with Gasteiger partial charge in [-0.05, 0) is 58.7 Å². The first-order valence-electron chi connectivity index (χ1n) is 8.58. The molecule has 0 saturated heterocycles. The average molecular weight is 408 g/mol. The highest BCUT2D eigenvalue weighted by atomic mass is 32.2. The molecule has 7 nitrogen and oxygen atoms in total. The molecule has 0 aliphatic rings. The summed E-state index contributed by atoms with van der Waals surface area (Å²) in [6, 6.07) is 4.61. The van der Waals surface area contributed by atoms with E-state index in [2.05, 4.69) is 0 Å². The van der Waals surface area contributed by atoms with Crippen molar-refractivity contribution in [2.75, 3.05) is 13.0 Å². The summed E-state index contributed by atoms with van der Waals surface area (Å²) in [7, 11) is -7.54. The minimum Gasteiger partial charge on any atom is -0.479 e. The molecule has 0 spiro atoms. The summed E-state index contributed by atoms with van der Waals surface area (Å²) in [5, 5.41) is 0. The van der Waals surface area contributed by atoms with Gasteiger partial charge in [0.2, 0.25) is 0 Å². The number of benzene rings is 1. The van der Waals surface area contributed by atoms with Crippen molar-refractivity contribution in [3.63, 3.8) is 0 Å². The van der Waals surface area contributed by atoms with Crippen molar-refractivity contribution in [1.29, 1.82) is 0 Å². The topological polar surface area (TPSA) is 88.1 Å². The molecule has 1 aromatic carbocycles. The van der Waals surface area contributed by atoms with Gasteiger partial charge < -0.3 is 13.8 Å². The van der Waals surface area contributed by atoms with Crippen molar-refractivity contribution in [2.24, 2.45) is 0 Å². The molecule has 1 aromatic rings. The second-order valence-corrected chi connectivity index (χ2v) is 9.90. The van der Waals surface area contributed by atoms with E-state index in [0.717, 1.165) is 5.56 Å². The van der Waals surface area contributed by atoms with Gasteiger partial charge in [-0.3, -0.25) is 8.75 Å². The second-order valence-electron chi connectivity index (χ2n) is 6.42. The van der Waals surface area contributed by atoms with E-state index < -0.39 is 24.1 Å². The van der Waals surface area contributed by atoms with E-state index in [9.17, 15) is 13.0 Å². The third-order valence-corrected chi connectivity index (χ3v) is 6.22. The molecule has 26 heavy (non-hydrogen) atoms. The molecule has 0 aliphatic carbocycles. The Hall–Kier alpha value is -0.920. The van der Waals surface area contributed by atoms with Crippen LogP contribution in [0.3, 0.4) is 0 Å². The quantitative estimate of drug-likeness (QED) is 0.394. The summed E-state index contributed by atoms with van der Waals surface area (Å²) in [4.78, 5) is -0.114. The molecule has 0 aromatic heterocycles. The van der Waals surface area contributed by atoms with Gasteiger partial charge >= 0.3 is 17.7 Å². The van der Waals surface area contributed by atoms with Crippen LogP contribution < -0.4 is 4.74 Å². The van der Waals surface area contributed by atoms with Crippen LogP contribution in [0.5, 0.6) is 5.75 Å². The lowest BCUT2D eigenvalue weighted by atomic mass is 10.2. The minimum atomic E-state index is -3.98. The zero-order chi connectivity index (χ0) is 20.0. The van der Waals surface area contributed by atoms with Gasteiger partial charge in [0.25, 0.3) is 0 Å². The maximum Gasteiger partial charge on any atom is 0.368 e. The highest BCUT2D eigenvalue weighted by Crippen LogP contribution is 2.50. The fourth-order valence-corrected chi connectivity index (χ4v) is 4.93. The second kappa shape index (κ2) is 9.85. The third-order valence-electron chi connectivity index (χ3n) is 2.93. The Kier molecular flexibility index (Phi) is 8.76. The SMILES string of the molecule is CCCOS(=O)(=O)c1ccc(C)cc1OCP(=O)(OC(C)C)OC(C)C. The van der Waals surface area contributed by atoms with Crippen LogP contribution in [0.4, 0.5) is 0 Å². The zero-order valence-corrected chi connectivity index (χ0v) is 17.9. The van der Waals surface area contributed by atoms with Gasteiger partial charge in [-0.15, -0.1) is 0 Å². The standard InChI is InChI=1S/C17H29O7PS/c1-7-10-22-26(19,20)17-9-8-15(6)11-16(17)21-12-25(18,23-13(2)3)24-14(4)5/h8-9,11,13-14H,7,10,12H2,1-6H3. The summed E-state index contributed by atoms with van der Waals surface area (Å²) in [5.41, 5.74) is 0.791. The van der Waals surface area contributed by atoms with E-state index in [1.54, 1.807) is 46.8 Å². The van der Waals surface area contributed by atoms with E-state index in [1.165, 1.54) is 6.07 Å². The minimum absolute atomic E-state index is 0.0565. The number of hydrogen-bond acceptors (Lipinski definition) is 7. The lowest BCUT2D eigenvalue weighted by Gasteiger charge is -2.23. The summed E-state index contributed by atoms with van der Waals surface area (Å²) in [6.45, 7) is 10.6. The van der Waals surface area contributed by atoms with Crippen molar-refractivity contribution in [2.45, 2.75) is 65.1 Å². The van der Waals surface area contributed by atoms with Gasteiger partial charge in [0, 0.05) is 0 Å². The molecule has 1 rings (SSSR count). The Balaban J connectivity index is 3.11. The van der Waals surface area contributed by atoms with Gasteiger partial charge in [0.05, 0.1) is 18.8 Å². The molecule has 9 heteroatoms. The molecule has 0 bridgehead atoms.